The summed E-state index contributed by atoms with van der Waals surface area (Å²) < 4.78 is 0. The molecule has 0 aromatic carbocycles. The minimum Gasteiger partial charge on any atom is -0.481 e. The summed E-state index contributed by atoms with van der Waals surface area (Å²) in [6, 6.07) is 0. The van der Waals surface area contributed by atoms with Crippen LogP contribution in [-0.2, 0) is 9.59 Å². The Hall–Kier alpha value is -1.06. The third kappa shape index (κ3) is 4.47. The summed E-state index contributed by atoms with van der Waals surface area (Å²) >= 11 is 0. The van der Waals surface area contributed by atoms with E-state index in [1.54, 1.807) is 0 Å². The minimum absolute atomic E-state index is 0.222. The fourth-order valence-electron chi connectivity index (χ4n) is 4.13. The van der Waals surface area contributed by atoms with Gasteiger partial charge in [0.25, 0.3) is 0 Å². The van der Waals surface area contributed by atoms with Crippen LogP contribution in [0.2, 0.25) is 0 Å². The molecule has 0 amide bonds. The number of aliphatic carboxylic acids is 2. The quantitative estimate of drug-likeness (QED) is 0.611. The molecule has 1 aliphatic rings. The third-order valence-corrected chi connectivity index (χ3v) is 5.50. The van der Waals surface area contributed by atoms with Crippen molar-refractivity contribution in [3.05, 3.63) is 0 Å². The average molecular weight is 312 g/mol. The summed E-state index contributed by atoms with van der Waals surface area (Å²) in [5.41, 5.74) is -0.834. The molecule has 0 aromatic heterocycles. The van der Waals surface area contributed by atoms with E-state index in [1.807, 2.05) is 6.92 Å². The second-order valence-electron chi connectivity index (χ2n) is 7.29. The Bertz CT molecular complexity index is 377. The standard InChI is InChI=1S/C18H32O4/c1-4-18(17(21)22)12-8-10-14(16(19)20)15(18)11-7-5-6-9-13(2)3/h13-15H,4-12H2,1-3H3,(H,19,20)(H,21,22). The lowest BCUT2D eigenvalue weighted by Crippen LogP contribution is -2.47. The van der Waals surface area contributed by atoms with Gasteiger partial charge in [0.05, 0.1) is 11.3 Å². The van der Waals surface area contributed by atoms with Crippen molar-refractivity contribution in [3.8, 4) is 0 Å². The molecule has 1 saturated carbocycles. The Balaban J connectivity index is 2.75. The molecular formula is C18H32O4. The normalized spacial score (nSPS) is 28.7. The minimum atomic E-state index is -0.834. The number of carboxylic acid groups (broad SMARTS) is 2. The van der Waals surface area contributed by atoms with Crippen LogP contribution in [0.1, 0.15) is 78.6 Å². The largest absolute Gasteiger partial charge is 0.481 e. The third-order valence-electron chi connectivity index (χ3n) is 5.50. The highest BCUT2D eigenvalue weighted by Crippen LogP contribution is 2.49. The average Bonchev–Trinajstić information content (AvgIpc) is 2.45. The van der Waals surface area contributed by atoms with Gasteiger partial charge < -0.3 is 10.2 Å². The lowest BCUT2D eigenvalue weighted by Gasteiger charge is -2.43. The van der Waals surface area contributed by atoms with Gasteiger partial charge in [0.2, 0.25) is 0 Å². The number of carbonyl (C=O) groups is 2. The van der Waals surface area contributed by atoms with Gasteiger partial charge in [-0.25, -0.2) is 0 Å². The molecule has 2 N–H and O–H groups in total. The van der Waals surface area contributed by atoms with Crippen molar-refractivity contribution in [2.75, 3.05) is 0 Å². The van der Waals surface area contributed by atoms with Gasteiger partial charge in [0.1, 0.15) is 0 Å². The summed E-state index contributed by atoms with van der Waals surface area (Å²) in [5, 5.41) is 19.2. The van der Waals surface area contributed by atoms with Crippen LogP contribution in [-0.4, -0.2) is 22.2 Å². The van der Waals surface area contributed by atoms with Crippen molar-refractivity contribution in [3.63, 3.8) is 0 Å². The van der Waals surface area contributed by atoms with E-state index in [-0.39, 0.29) is 5.92 Å². The van der Waals surface area contributed by atoms with Gasteiger partial charge in [-0.15, -0.1) is 0 Å². The van der Waals surface area contributed by atoms with E-state index in [2.05, 4.69) is 13.8 Å². The summed E-state index contributed by atoms with van der Waals surface area (Å²) in [7, 11) is 0. The lowest BCUT2D eigenvalue weighted by atomic mass is 9.59. The van der Waals surface area contributed by atoms with Gasteiger partial charge in [-0.1, -0.05) is 52.9 Å². The molecule has 0 radical (unpaired) electrons. The van der Waals surface area contributed by atoms with Crippen molar-refractivity contribution < 1.29 is 19.8 Å². The van der Waals surface area contributed by atoms with Crippen molar-refractivity contribution in [1.29, 1.82) is 0 Å². The van der Waals surface area contributed by atoms with Crippen LogP contribution in [0.4, 0.5) is 0 Å². The Morgan fingerprint density at radius 1 is 1.18 bits per heavy atom. The molecule has 3 atom stereocenters. The summed E-state index contributed by atoms with van der Waals surface area (Å²) in [5.74, 6) is -1.63. The molecule has 0 bridgehead atoms. The molecule has 1 rings (SSSR count). The van der Waals surface area contributed by atoms with Crippen LogP contribution >= 0.6 is 0 Å². The Kier molecular flexibility index (Phi) is 7.37. The zero-order chi connectivity index (χ0) is 16.8. The molecule has 4 heteroatoms. The molecule has 0 aliphatic heterocycles. The zero-order valence-corrected chi connectivity index (χ0v) is 14.3. The highest BCUT2D eigenvalue weighted by molar-refractivity contribution is 5.78. The SMILES string of the molecule is CCC1(C(=O)O)CCCC(C(=O)O)C1CCCCCC(C)C. The van der Waals surface area contributed by atoms with Crippen LogP contribution in [0.25, 0.3) is 0 Å². The first-order valence-electron chi connectivity index (χ1n) is 8.81. The fourth-order valence-corrected chi connectivity index (χ4v) is 4.13. The molecule has 22 heavy (non-hydrogen) atoms. The first-order valence-corrected chi connectivity index (χ1v) is 8.81. The van der Waals surface area contributed by atoms with E-state index in [4.69, 9.17) is 0 Å². The van der Waals surface area contributed by atoms with Gasteiger partial charge in [-0.05, 0) is 37.5 Å². The second-order valence-corrected chi connectivity index (χ2v) is 7.29. The summed E-state index contributed by atoms with van der Waals surface area (Å²) in [6.07, 6.45) is 7.56. The van der Waals surface area contributed by atoms with Gasteiger partial charge in [0, 0.05) is 0 Å². The van der Waals surface area contributed by atoms with Crippen molar-refractivity contribution in [2.24, 2.45) is 23.2 Å². The van der Waals surface area contributed by atoms with Crippen LogP contribution in [0.5, 0.6) is 0 Å². The first kappa shape index (κ1) is 19.0. The molecule has 128 valence electrons. The summed E-state index contributed by atoms with van der Waals surface area (Å²) in [4.78, 5) is 23.4. The van der Waals surface area contributed by atoms with Crippen LogP contribution in [0, 0.1) is 23.2 Å². The number of hydrogen-bond donors (Lipinski definition) is 2. The van der Waals surface area contributed by atoms with Crippen LogP contribution in [0.15, 0.2) is 0 Å². The zero-order valence-electron chi connectivity index (χ0n) is 14.3. The van der Waals surface area contributed by atoms with Gasteiger partial charge in [-0.3, -0.25) is 9.59 Å². The Morgan fingerprint density at radius 2 is 1.86 bits per heavy atom. The first-order chi connectivity index (χ1) is 10.3. The summed E-state index contributed by atoms with van der Waals surface area (Å²) in [6.45, 7) is 6.30. The van der Waals surface area contributed by atoms with E-state index in [1.165, 1.54) is 6.42 Å². The predicted molar refractivity (Wildman–Crippen MR) is 86.7 cm³/mol. The van der Waals surface area contributed by atoms with Gasteiger partial charge in [0.15, 0.2) is 0 Å². The molecule has 1 aliphatic carbocycles. The van der Waals surface area contributed by atoms with Crippen LogP contribution < -0.4 is 0 Å². The molecule has 0 heterocycles. The van der Waals surface area contributed by atoms with Gasteiger partial charge in [-0.2, -0.15) is 0 Å². The molecule has 0 saturated heterocycles. The maximum Gasteiger partial charge on any atom is 0.309 e. The molecule has 3 unspecified atom stereocenters. The topological polar surface area (TPSA) is 74.6 Å². The van der Waals surface area contributed by atoms with E-state index < -0.39 is 23.3 Å². The maximum atomic E-state index is 11.9. The monoisotopic (exact) mass is 312 g/mol. The molecule has 1 fully saturated rings. The maximum absolute atomic E-state index is 11.9. The number of hydrogen-bond acceptors (Lipinski definition) is 2. The predicted octanol–water partition coefficient (Wildman–Crippen LogP) is 4.57. The molecular weight excluding hydrogens is 280 g/mol. The van der Waals surface area contributed by atoms with Gasteiger partial charge >= 0.3 is 11.9 Å². The molecule has 0 spiro atoms. The molecule has 4 nitrogen and oxygen atoms in total. The lowest BCUT2D eigenvalue weighted by molar-refractivity contribution is -0.163. The highest BCUT2D eigenvalue weighted by Gasteiger charge is 2.51. The van der Waals surface area contributed by atoms with Crippen molar-refractivity contribution in [2.45, 2.75) is 78.6 Å². The van der Waals surface area contributed by atoms with E-state index in [0.29, 0.717) is 31.6 Å². The van der Waals surface area contributed by atoms with Crippen molar-refractivity contribution >= 4 is 11.9 Å². The Labute approximate surface area is 134 Å². The number of carboxylic acids is 2. The second kappa shape index (κ2) is 8.54. The number of rotatable bonds is 9. The van der Waals surface area contributed by atoms with Crippen molar-refractivity contribution in [1.82, 2.24) is 0 Å². The van der Waals surface area contributed by atoms with E-state index >= 15 is 0 Å². The van der Waals surface area contributed by atoms with Crippen LogP contribution in [0.3, 0.4) is 0 Å². The fraction of sp³-hybridized carbons (Fsp3) is 0.889. The Morgan fingerprint density at radius 3 is 2.36 bits per heavy atom. The molecule has 0 aromatic rings. The van der Waals surface area contributed by atoms with E-state index in [9.17, 15) is 19.8 Å². The van der Waals surface area contributed by atoms with E-state index in [0.717, 1.165) is 25.7 Å². The number of unbranched alkanes of at least 4 members (excludes halogenated alkanes) is 2. The smallest absolute Gasteiger partial charge is 0.309 e. The highest BCUT2D eigenvalue weighted by atomic mass is 16.4.